The molecule has 7 heteroatoms. The molecule has 0 spiro atoms. The Bertz CT molecular complexity index is 864. The van der Waals surface area contributed by atoms with Crippen LogP contribution < -0.4 is 15.4 Å². The normalized spacial score (nSPS) is 10.4. The van der Waals surface area contributed by atoms with E-state index in [1.807, 2.05) is 30.3 Å². The van der Waals surface area contributed by atoms with E-state index in [9.17, 15) is 0 Å². The number of aromatic nitrogens is 2. The topological polar surface area (TPSA) is 96.1 Å². The first kappa shape index (κ1) is 16.5. The van der Waals surface area contributed by atoms with Crippen molar-refractivity contribution in [2.45, 2.75) is 6.92 Å². The Balaban J connectivity index is 1.91. The lowest BCUT2D eigenvalue weighted by Gasteiger charge is -2.14. The van der Waals surface area contributed by atoms with Gasteiger partial charge in [0.25, 0.3) is 0 Å². The van der Waals surface area contributed by atoms with Crippen LogP contribution in [0.25, 0.3) is 11.3 Å². The summed E-state index contributed by atoms with van der Waals surface area (Å²) in [6, 6.07) is 13.3. The highest BCUT2D eigenvalue weighted by atomic mass is 16.5. The number of rotatable bonds is 6. The average molecular weight is 337 g/mol. The van der Waals surface area contributed by atoms with Crippen molar-refractivity contribution in [1.29, 1.82) is 5.41 Å². The van der Waals surface area contributed by atoms with Crippen molar-refractivity contribution >= 4 is 23.2 Å². The molecule has 0 atom stereocenters. The van der Waals surface area contributed by atoms with E-state index in [0.29, 0.717) is 34.5 Å². The van der Waals surface area contributed by atoms with Crippen LogP contribution in [0.1, 0.15) is 12.5 Å². The predicted octanol–water partition coefficient (Wildman–Crippen LogP) is 3.92. The van der Waals surface area contributed by atoms with E-state index < -0.39 is 0 Å². The highest BCUT2D eigenvalue weighted by Gasteiger charge is 2.15. The maximum atomic E-state index is 7.90. The van der Waals surface area contributed by atoms with Crippen LogP contribution in [-0.2, 0) is 0 Å². The van der Waals surface area contributed by atoms with E-state index in [1.165, 1.54) is 0 Å². The first-order valence-corrected chi connectivity index (χ1v) is 7.74. The molecular formula is C18H19N5O2. The van der Waals surface area contributed by atoms with Gasteiger partial charge in [-0.15, -0.1) is 0 Å². The van der Waals surface area contributed by atoms with E-state index in [-0.39, 0.29) is 0 Å². The number of nitrogens with zero attached hydrogens (tertiary/aromatic N) is 2. The third-order valence-electron chi connectivity index (χ3n) is 3.65. The Kier molecular flexibility index (Phi) is 4.65. The first-order chi connectivity index (χ1) is 12.1. The zero-order valence-electron chi connectivity index (χ0n) is 14.3. The number of hydrogen-bond donors (Lipinski definition) is 3. The second kappa shape index (κ2) is 7.04. The molecule has 1 aromatic carbocycles. The summed E-state index contributed by atoms with van der Waals surface area (Å²) >= 11 is 0. The molecule has 0 aliphatic carbocycles. The molecule has 0 amide bonds. The molecule has 0 unspecified atom stereocenters. The molecule has 2 aromatic heterocycles. The minimum absolute atomic E-state index is 0.367. The fourth-order valence-electron chi connectivity index (χ4n) is 2.50. The molecule has 0 saturated carbocycles. The number of nitrogens with one attached hydrogen (secondary N) is 3. The highest BCUT2D eigenvalue weighted by Crippen LogP contribution is 2.30. The van der Waals surface area contributed by atoms with E-state index in [2.05, 4.69) is 20.8 Å². The Labute approximate surface area is 145 Å². The number of benzene rings is 1. The van der Waals surface area contributed by atoms with Crippen molar-refractivity contribution in [2.24, 2.45) is 0 Å². The van der Waals surface area contributed by atoms with Crippen LogP contribution in [0.2, 0.25) is 0 Å². The molecule has 0 radical (unpaired) electrons. The van der Waals surface area contributed by atoms with Gasteiger partial charge in [0.1, 0.15) is 23.1 Å². The molecule has 2 heterocycles. The van der Waals surface area contributed by atoms with Gasteiger partial charge in [0, 0.05) is 30.5 Å². The summed E-state index contributed by atoms with van der Waals surface area (Å²) in [6.07, 6.45) is 0. The molecule has 0 saturated heterocycles. The van der Waals surface area contributed by atoms with Gasteiger partial charge in [0.15, 0.2) is 0 Å². The summed E-state index contributed by atoms with van der Waals surface area (Å²) in [5.74, 6) is 2.10. The van der Waals surface area contributed by atoms with Gasteiger partial charge in [0.05, 0.1) is 12.7 Å². The van der Waals surface area contributed by atoms with E-state index in [1.54, 1.807) is 33.2 Å². The van der Waals surface area contributed by atoms with E-state index in [4.69, 9.17) is 14.7 Å². The Morgan fingerprint density at radius 2 is 1.96 bits per heavy atom. The minimum atomic E-state index is 0.367. The summed E-state index contributed by atoms with van der Waals surface area (Å²) in [4.78, 5) is 4.47. The van der Waals surface area contributed by atoms with E-state index in [0.717, 1.165) is 11.3 Å². The standard InChI is InChI=1S/C18H19N5O2/c1-11(19)17-14(24-3)10-15(22-18(17)20-2)21-16-9-13(23-25-16)12-7-5-4-6-8-12/h4-10,19H,1-3H3,(H2,20,21,22). The minimum Gasteiger partial charge on any atom is -0.496 e. The van der Waals surface area contributed by atoms with Crippen molar-refractivity contribution < 1.29 is 9.26 Å². The number of anilines is 3. The van der Waals surface area contributed by atoms with Crippen molar-refractivity contribution in [1.82, 2.24) is 10.1 Å². The average Bonchev–Trinajstić information content (AvgIpc) is 3.09. The lowest BCUT2D eigenvalue weighted by molar-refractivity contribution is 0.413. The summed E-state index contributed by atoms with van der Waals surface area (Å²) < 4.78 is 10.7. The Morgan fingerprint density at radius 1 is 1.20 bits per heavy atom. The number of methoxy groups -OCH3 is 1. The quantitative estimate of drug-likeness (QED) is 0.590. The van der Waals surface area contributed by atoms with Crippen LogP contribution in [0.3, 0.4) is 0 Å². The van der Waals surface area contributed by atoms with Gasteiger partial charge in [0.2, 0.25) is 5.88 Å². The first-order valence-electron chi connectivity index (χ1n) is 7.74. The highest BCUT2D eigenvalue weighted by molar-refractivity contribution is 6.03. The molecule has 0 bridgehead atoms. The van der Waals surface area contributed by atoms with Crippen LogP contribution in [0.15, 0.2) is 47.0 Å². The fraction of sp³-hybridized carbons (Fsp3) is 0.167. The molecule has 3 rings (SSSR count). The van der Waals surface area contributed by atoms with Crippen LogP contribution in [0, 0.1) is 5.41 Å². The van der Waals surface area contributed by atoms with Gasteiger partial charge in [-0.05, 0) is 6.92 Å². The SMILES string of the molecule is CNc1nc(Nc2cc(-c3ccccc3)no2)cc(OC)c1C(C)=N. The zero-order valence-corrected chi connectivity index (χ0v) is 14.3. The lowest BCUT2D eigenvalue weighted by atomic mass is 10.1. The fourth-order valence-corrected chi connectivity index (χ4v) is 2.50. The Morgan fingerprint density at radius 3 is 2.60 bits per heavy atom. The molecule has 7 nitrogen and oxygen atoms in total. The zero-order chi connectivity index (χ0) is 17.8. The second-order valence-corrected chi connectivity index (χ2v) is 5.38. The van der Waals surface area contributed by atoms with Crippen molar-refractivity contribution in [3.63, 3.8) is 0 Å². The maximum Gasteiger partial charge on any atom is 0.230 e. The summed E-state index contributed by atoms with van der Waals surface area (Å²) in [5.41, 5.74) is 2.69. The summed E-state index contributed by atoms with van der Waals surface area (Å²) in [7, 11) is 3.31. The second-order valence-electron chi connectivity index (χ2n) is 5.38. The molecular weight excluding hydrogens is 318 g/mol. The molecule has 0 aliphatic rings. The predicted molar refractivity (Wildman–Crippen MR) is 98.1 cm³/mol. The molecule has 0 fully saturated rings. The van der Waals surface area contributed by atoms with Gasteiger partial charge < -0.3 is 25.3 Å². The van der Waals surface area contributed by atoms with Crippen LogP contribution in [0.4, 0.5) is 17.5 Å². The number of pyridine rings is 1. The van der Waals surface area contributed by atoms with E-state index >= 15 is 0 Å². The molecule has 25 heavy (non-hydrogen) atoms. The maximum absolute atomic E-state index is 7.90. The van der Waals surface area contributed by atoms with Crippen LogP contribution >= 0.6 is 0 Å². The molecule has 3 N–H and O–H groups in total. The van der Waals surface area contributed by atoms with Gasteiger partial charge >= 0.3 is 0 Å². The Hall–Kier alpha value is -3.35. The largest absolute Gasteiger partial charge is 0.496 e. The smallest absolute Gasteiger partial charge is 0.230 e. The van der Waals surface area contributed by atoms with Gasteiger partial charge in [-0.3, -0.25) is 0 Å². The van der Waals surface area contributed by atoms with Crippen LogP contribution in [-0.4, -0.2) is 30.0 Å². The van der Waals surface area contributed by atoms with Crippen LogP contribution in [0.5, 0.6) is 5.75 Å². The van der Waals surface area contributed by atoms with Gasteiger partial charge in [-0.25, -0.2) is 4.98 Å². The monoisotopic (exact) mass is 337 g/mol. The molecule has 3 aromatic rings. The van der Waals surface area contributed by atoms with Gasteiger partial charge in [-0.2, -0.15) is 0 Å². The third-order valence-corrected chi connectivity index (χ3v) is 3.65. The van der Waals surface area contributed by atoms with Gasteiger partial charge in [-0.1, -0.05) is 35.5 Å². The summed E-state index contributed by atoms with van der Waals surface area (Å²) in [5, 5.41) is 18.0. The van der Waals surface area contributed by atoms with Crippen molar-refractivity contribution in [2.75, 3.05) is 24.8 Å². The number of hydrogen-bond acceptors (Lipinski definition) is 7. The number of ether oxygens (including phenoxy) is 1. The van der Waals surface area contributed by atoms with Crippen molar-refractivity contribution in [3.05, 3.63) is 48.0 Å². The molecule has 0 aliphatic heterocycles. The molecule has 128 valence electrons. The summed E-state index contributed by atoms with van der Waals surface area (Å²) in [6.45, 7) is 1.69. The third kappa shape index (κ3) is 3.45. The lowest BCUT2D eigenvalue weighted by Crippen LogP contribution is -2.07. The van der Waals surface area contributed by atoms with Crippen molar-refractivity contribution in [3.8, 4) is 17.0 Å².